The highest BCUT2D eigenvalue weighted by Gasteiger charge is 2.38. The van der Waals surface area contributed by atoms with E-state index >= 15 is 0 Å². The molecule has 2 heterocycles. The minimum atomic E-state index is -5.08. The molecule has 0 bridgehead atoms. The molecule has 3 aromatic rings. The average Bonchev–Trinajstić information content (AvgIpc) is 3.35. The van der Waals surface area contributed by atoms with E-state index in [1.165, 1.54) is 14.0 Å². The fourth-order valence-electron chi connectivity index (χ4n) is 3.56. The minimum absolute atomic E-state index is 0.0924. The van der Waals surface area contributed by atoms with Gasteiger partial charge in [-0.25, -0.2) is 4.79 Å². The quantitative estimate of drug-likeness (QED) is 0.395. The second kappa shape index (κ2) is 11.6. The molecule has 1 saturated heterocycles. The lowest BCUT2D eigenvalue weighted by Crippen LogP contribution is -2.43. The Kier molecular flexibility index (Phi) is 8.60. The molecule has 1 aromatic heterocycles. The maximum atomic E-state index is 11.4. The maximum absolute atomic E-state index is 11.4. The summed E-state index contributed by atoms with van der Waals surface area (Å²) in [6, 6.07) is 12.7. The van der Waals surface area contributed by atoms with Crippen LogP contribution in [0.15, 0.2) is 47.0 Å². The number of methoxy groups -OCH3 is 1. The summed E-state index contributed by atoms with van der Waals surface area (Å²) in [5.74, 6) is -1.07. The highest BCUT2D eigenvalue weighted by Crippen LogP contribution is 2.41. The Bertz CT molecular complexity index is 1260. The number of aromatic hydroxyl groups is 1. The van der Waals surface area contributed by atoms with Gasteiger partial charge in [0.25, 0.3) is 0 Å². The average molecular weight is 522 g/mol. The Morgan fingerprint density at radius 2 is 1.78 bits per heavy atom. The zero-order chi connectivity index (χ0) is 27.2. The van der Waals surface area contributed by atoms with Gasteiger partial charge in [-0.1, -0.05) is 23.4 Å². The Morgan fingerprint density at radius 3 is 2.38 bits per heavy atom. The van der Waals surface area contributed by atoms with Crippen molar-refractivity contribution in [2.45, 2.75) is 13.1 Å². The topological polar surface area (TPSA) is 137 Å². The summed E-state index contributed by atoms with van der Waals surface area (Å²) in [5.41, 5.74) is 2.51. The van der Waals surface area contributed by atoms with Crippen molar-refractivity contribution in [2.75, 3.05) is 43.5 Å². The Balaban J connectivity index is 0.000000479. The molecule has 1 aliphatic heterocycles. The van der Waals surface area contributed by atoms with E-state index in [4.69, 9.17) is 19.2 Å². The van der Waals surface area contributed by atoms with Crippen LogP contribution in [0.2, 0.25) is 0 Å². The van der Waals surface area contributed by atoms with Gasteiger partial charge in [-0.2, -0.15) is 13.2 Å². The second-order valence-corrected chi connectivity index (χ2v) is 7.89. The molecule has 0 aliphatic carbocycles. The van der Waals surface area contributed by atoms with E-state index in [1.807, 2.05) is 24.3 Å². The van der Waals surface area contributed by atoms with Crippen molar-refractivity contribution in [3.63, 3.8) is 0 Å². The lowest BCUT2D eigenvalue weighted by atomic mass is 9.99. The summed E-state index contributed by atoms with van der Waals surface area (Å²) in [4.78, 5) is 22.4. The third-order valence-corrected chi connectivity index (χ3v) is 5.31. The molecule has 13 heteroatoms. The zero-order valence-electron chi connectivity index (χ0n) is 19.9. The van der Waals surface area contributed by atoms with Crippen LogP contribution in [0, 0.1) is 0 Å². The number of carbonyl (C=O) groups is 2. The number of piperazine rings is 1. The number of para-hydroxylation sites is 1. The molecular weight excluding hydrogens is 497 g/mol. The van der Waals surface area contributed by atoms with Crippen molar-refractivity contribution in [1.29, 1.82) is 0 Å². The summed E-state index contributed by atoms with van der Waals surface area (Å²) in [6.07, 6.45) is -5.08. The van der Waals surface area contributed by atoms with Crippen LogP contribution in [0.25, 0.3) is 22.5 Å². The number of aliphatic carboxylic acids is 1. The van der Waals surface area contributed by atoms with Crippen LogP contribution in [-0.2, 0) is 9.59 Å². The van der Waals surface area contributed by atoms with Crippen molar-refractivity contribution >= 4 is 23.4 Å². The maximum Gasteiger partial charge on any atom is 0.490 e. The number of ether oxygens (including phenoxy) is 1. The Labute approximate surface area is 209 Å². The van der Waals surface area contributed by atoms with Crippen LogP contribution in [0.1, 0.15) is 6.92 Å². The molecule has 0 radical (unpaired) electrons. The third-order valence-electron chi connectivity index (χ3n) is 5.31. The van der Waals surface area contributed by atoms with Gasteiger partial charge in [0.05, 0.1) is 18.4 Å². The largest absolute Gasteiger partial charge is 0.507 e. The number of carbonyl (C=O) groups excluding carboxylic acids is 1. The van der Waals surface area contributed by atoms with Crippen molar-refractivity contribution in [2.24, 2.45) is 0 Å². The molecule has 4 rings (SSSR count). The van der Waals surface area contributed by atoms with E-state index in [9.17, 15) is 23.1 Å². The standard InChI is InChI=1S/C22H24N4O4.C2HF3O2/c1-14(27)24-18-7-6-15(12-20(18)29-2)16-4-3-5-17(22(16)28)19-13-21(25-30-19)26-10-8-23-9-11-26;3-2(4,5)1(6)7/h3-7,12-13,23,28H,8-11H2,1-2H3,(H,24,27);(H,6,7). The van der Waals surface area contributed by atoms with Crippen molar-refractivity contribution in [3.8, 4) is 33.9 Å². The molecule has 0 spiro atoms. The first-order valence-electron chi connectivity index (χ1n) is 11.0. The van der Waals surface area contributed by atoms with Gasteiger partial charge in [0.2, 0.25) is 5.91 Å². The number of phenolic OH excluding ortho intramolecular Hbond substituents is 1. The Morgan fingerprint density at radius 1 is 1.14 bits per heavy atom. The number of amides is 1. The number of alkyl halides is 3. The van der Waals surface area contributed by atoms with Gasteiger partial charge in [0, 0.05) is 44.7 Å². The van der Waals surface area contributed by atoms with Crippen molar-refractivity contribution < 1.29 is 42.2 Å². The van der Waals surface area contributed by atoms with E-state index in [0.717, 1.165) is 37.6 Å². The molecule has 2 aromatic carbocycles. The number of benzene rings is 2. The van der Waals surface area contributed by atoms with E-state index in [-0.39, 0.29) is 11.7 Å². The van der Waals surface area contributed by atoms with Gasteiger partial charge < -0.3 is 35.0 Å². The molecule has 198 valence electrons. The number of nitrogens with zero attached hydrogens (tertiary/aromatic N) is 2. The fraction of sp³-hybridized carbons (Fsp3) is 0.292. The van der Waals surface area contributed by atoms with Gasteiger partial charge in [-0.05, 0) is 23.8 Å². The molecule has 1 aliphatic rings. The van der Waals surface area contributed by atoms with Crippen LogP contribution in [0.4, 0.5) is 24.7 Å². The van der Waals surface area contributed by atoms with Gasteiger partial charge in [-0.3, -0.25) is 4.79 Å². The summed E-state index contributed by atoms with van der Waals surface area (Å²) >= 11 is 0. The number of nitrogens with one attached hydrogen (secondary N) is 2. The number of hydrogen-bond acceptors (Lipinski definition) is 8. The number of halogens is 3. The van der Waals surface area contributed by atoms with Crippen LogP contribution < -0.4 is 20.3 Å². The van der Waals surface area contributed by atoms with Crippen molar-refractivity contribution in [3.05, 3.63) is 42.5 Å². The first kappa shape index (κ1) is 27.3. The van der Waals surface area contributed by atoms with E-state index in [2.05, 4.69) is 20.7 Å². The SMILES string of the molecule is COc1cc(-c2cccc(-c3cc(N4CCNCC4)no3)c2O)ccc1NC(C)=O.O=C(O)C(F)(F)F. The molecule has 10 nitrogen and oxygen atoms in total. The number of phenols is 1. The minimum Gasteiger partial charge on any atom is -0.507 e. The number of rotatable bonds is 5. The number of hydrogen-bond donors (Lipinski definition) is 4. The van der Waals surface area contributed by atoms with E-state index in [0.29, 0.717) is 28.3 Å². The van der Waals surface area contributed by atoms with E-state index < -0.39 is 12.1 Å². The van der Waals surface area contributed by atoms with Crippen molar-refractivity contribution in [1.82, 2.24) is 10.5 Å². The van der Waals surface area contributed by atoms with E-state index in [1.54, 1.807) is 18.2 Å². The zero-order valence-corrected chi connectivity index (χ0v) is 19.9. The first-order chi connectivity index (χ1) is 17.5. The molecule has 1 amide bonds. The van der Waals surface area contributed by atoms with Gasteiger partial charge in [0.15, 0.2) is 11.6 Å². The molecular formula is C24H25F3N4O6. The number of carboxylic acids is 1. The molecule has 37 heavy (non-hydrogen) atoms. The van der Waals surface area contributed by atoms with Crippen LogP contribution in [0.3, 0.4) is 0 Å². The Hall–Kier alpha value is -4.26. The smallest absolute Gasteiger partial charge is 0.490 e. The summed E-state index contributed by atoms with van der Waals surface area (Å²) in [7, 11) is 1.53. The highest BCUT2D eigenvalue weighted by molar-refractivity contribution is 5.91. The molecule has 1 fully saturated rings. The fourth-order valence-corrected chi connectivity index (χ4v) is 3.56. The summed E-state index contributed by atoms with van der Waals surface area (Å²) < 4.78 is 42.7. The van der Waals surface area contributed by atoms with Gasteiger partial charge in [0.1, 0.15) is 11.5 Å². The predicted molar refractivity (Wildman–Crippen MR) is 129 cm³/mol. The molecule has 0 saturated carbocycles. The van der Waals surface area contributed by atoms with Crippen LogP contribution in [0.5, 0.6) is 11.5 Å². The van der Waals surface area contributed by atoms with Crippen LogP contribution >= 0.6 is 0 Å². The normalized spacial score (nSPS) is 13.4. The number of carboxylic acid groups (broad SMARTS) is 1. The lowest BCUT2D eigenvalue weighted by Gasteiger charge is -2.26. The highest BCUT2D eigenvalue weighted by atomic mass is 19.4. The summed E-state index contributed by atoms with van der Waals surface area (Å²) in [6.45, 7) is 4.96. The van der Waals surface area contributed by atoms with Gasteiger partial charge >= 0.3 is 12.1 Å². The molecule has 0 atom stereocenters. The second-order valence-electron chi connectivity index (χ2n) is 7.89. The number of anilines is 2. The van der Waals surface area contributed by atoms with Gasteiger partial charge in [-0.15, -0.1) is 0 Å². The lowest BCUT2D eigenvalue weighted by molar-refractivity contribution is -0.192. The summed E-state index contributed by atoms with van der Waals surface area (Å²) in [5, 5.41) is 28.3. The molecule has 0 unspecified atom stereocenters. The third kappa shape index (κ3) is 6.91. The van der Waals surface area contributed by atoms with Crippen LogP contribution in [-0.4, -0.2) is 66.7 Å². The monoisotopic (exact) mass is 522 g/mol. The molecule has 4 N–H and O–H groups in total. The predicted octanol–water partition coefficient (Wildman–Crippen LogP) is 3.72. The number of aromatic nitrogens is 1. The first-order valence-corrected chi connectivity index (χ1v) is 11.0.